The minimum atomic E-state index is 0.334. The Balaban J connectivity index is 2.01. The summed E-state index contributed by atoms with van der Waals surface area (Å²) in [6.07, 6.45) is 2.51. The number of hydrogen-bond donors (Lipinski definition) is 1. The first kappa shape index (κ1) is 12.8. The minimum absolute atomic E-state index is 0.334. The van der Waals surface area contributed by atoms with E-state index < -0.39 is 0 Å². The molecule has 0 aromatic carbocycles. The maximum absolute atomic E-state index is 5.26. The Morgan fingerprint density at radius 2 is 2.12 bits per heavy atom. The number of halogens is 1. The van der Waals surface area contributed by atoms with Crippen LogP contribution in [-0.4, -0.2) is 29.2 Å². The molecule has 17 heavy (non-hydrogen) atoms. The van der Waals surface area contributed by atoms with Gasteiger partial charge in [-0.15, -0.1) is 0 Å². The van der Waals surface area contributed by atoms with Gasteiger partial charge in [-0.1, -0.05) is 13.8 Å². The average Bonchev–Trinajstić information content (AvgIpc) is 2.21. The monoisotopic (exact) mass is 299 g/mol. The Bertz CT molecular complexity index is 391. The van der Waals surface area contributed by atoms with E-state index in [-0.39, 0.29) is 0 Å². The van der Waals surface area contributed by atoms with E-state index in [0.717, 1.165) is 29.1 Å². The molecule has 1 aromatic heterocycles. The molecular weight excluding hydrogens is 282 g/mol. The lowest BCUT2D eigenvalue weighted by molar-refractivity contribution is 0.0328. The van der Waals surface area contributed by atoms with Gasteiger partial charge in [0.2, 0.25) is 0 Å². The summed E-state index contributed by atoms with van der Waals surface area (Å²) in [5.74, 6) is 2.10. The quantitative estimate of drug-likeness (QED) is 0.869. The van der Waals surface area contributed by atoms with Crippen molar-refractivity contribution >= 4 is 21.7 Å². The van der Waals surface area contributed by atoms with Gasteiger partial charge in [-0.05, 0) is 28.8 Å². The van der Waals surface area contributed by atoms with Crippen LogP contribution in [0.4, 0.5) is 5.82 Å². The van der Waals surface area contributed by atoms with Gasteiger partial charge in [0.05, 0.1) is 6.10 Å². The molecule has 0 atom stereocenters. The second kappa shape index (κ2) is 5.31. The molecule has 1 aliphatic carbocycles. The highest BCUT2D eigenvalue weighted by atomic mass is 79.9. The van der Waals surface area contributed by atoms with Gasteiger partial charge in [-0.3, -0.25) is 0 Å². The zero-order valence-electron chi connectivity index (χ0n) is 10.4. The van der Waals surface area contributed by atoms with Crippen LogP contribution < -0.4 is 5.32 Å². The number of ether oxygens (including phenoxy) is 1. The fourth-order valence-electron chi connectivity index (χ4n) is 1.85. The molecular formula is C12H18BrN3O. The summed E-state index contributed by atoms with van der Waals surface area (Å²) in [5.41, 5.74) is 0. The van der Waals surface area contributed by atoms with Crippen LogP contribution in [0.5, 0.6) is 0 Å². The Hall–Kier alpha value is -0.680. The van der Waals surface area contributed by atoms with Crippen molar-refractivity contribution in [1.82, 2.24) is 9.97 Å². The van der Waals surface area contributed by atoms with E-state index >= 15 is 0 Å². The third kappa shape index (κ3) is 3.16. The molecule has 0 bridgehead atoms. The molecule has 1 saturated carbocycles. The van der Waals surface area contributed by atoms with E-state index in [9.17, 15) is 0 Å². The molecule has 0 amide bonds. The Morgan fingerprint density at radius 1 is 1.41 bits per heavy atom. The van der Waals surface area contributed by atoms with Gasteiger partial charge in [0.15, 0.2) is 0 Å². The molecule has 0 saturated heterocycles. The van der Waals surface area contributed by atoms with Gasteiger partial charge in [0.1, 0.15) is 16.2 Å². The fourth-order valence-corrected chi connectivity index (χ4v) is 2.25. The molecule has 1 fully saturated rings. The van der Waals surface area contributed by atoms with Gasteiger partial charge in [0.25, 0.3) is 0 Å². The van der Waals surface area contributed by atoms with Crippen molar-refractivity contribution in [2.75, 3.05) is 12.4 Å². The van der Waals surface area contributed by atoms with Crippen LogP contribution in [0.3, 0.4) is 0 Å². The van der Waals surface area contributed by atoms with Gasteiger partial charge < -0.3 is 10.1 Å². The lowest BCUT2D eigenvalue weighted by Gasteiger charge is -2.35. The molecule has 0 radical (unpaired) electrons. The van der Waals surface area contributed by atoms with Crippen molar-refractivity contribution in [2.45, 2.75) is 44.8 Å². The number of nitrogens with zero attached hydrogens (tertiary/aromatic N) is 2. The van der Waals surface area contributed by atoms with E-state index in [4.69, 9.17) is 4.74 Å². The van der Waals surface area contributed by atoms with E-state index in [1.807, 2.05) is 6.07 Å². The Labute approximate surface area is 110 Å². The van der Waals surface area contributed by atoms with Crippen molar-refractivity contribution in [3.63, 3.8) is 0 Å². The van der Waals surface area contributed by atoms with E-state index in [2.05, 4.69) is 45.1 Å². The van der Waals surface area contributed by atoms with Crippen LogP contribution in [-0.2, 0) is 4.74 Å². The molecule has 1 aliphatic rings. The number of rotatable bonds is 4. The largest absolute Gasteiger partial charge is 0.381 e. The Morgan fingerprint density at radius 3 is 2.71 bits per heavy atom. The summed E-state index contributed by atoms with van der Waals surface area (Å²) >= 11 is 3.42. The number of hydrogen-bond acceptors (Lipinski definition) is 4. The number of anilines is 1. The molecule has 5 heteroatoms. The van der Waals surface area contributed by atoms with Crippen molar-refractivity contribution in [1.29, 1.82) is 0 Å². The highest BCUT2D eigenvalue weighted by molar-refractivity contribution is 9.10. The Kier molecular flexibility index (Phi) is 3.99. The standard InChI is InChI=1S/C12H18BrN3O/c1-7(2)12-15-10(13)6-11(16-12)14-8-4-9(5-8)17-3/h6-9H,4-5H2,1-3H3,(H,14,15,16). The van der Waals surface area contributed by atoms with Crippen LogP contribution in [0.15, 0.2) is 10.7 Å². The van der Waals surface area contributed by atoms with Gasteiger partial charge in [-0.25, -0.2) is 9.97 Å². The number of nitrogens with one attached hydrogen (secondary N) is 1. The lowest BCUT2D eigenvalue weighted by atomic mass is 9.89. The summed E-state index contributed by atoms with van der Waals surface area (Å²) in [6, 6.07) is 2.40. The topological polar surface area (TPSA) is 47.0 Å². The maximum atomic E-state index is 5.26. The summed E-state index contributed by atoms with van der Waals surface area (Å²) in [6.45, 7) is 4.19. The highest BCUT2D eigenvalue weighted by Crippen LogP contribution is 2.26. The molecule has 0 aliphatic heterocycles. The maximum Gasteiger partial charge on any atom is 0.134 e. The SMILES string of the molecule is COC1CC(Nc2cc(Br)nc(C(C)C)n2)C1. The summed E-state index contributed by atoms with van der Waals surface area (Å²) in [7, 11) is 1.76. The molecule has 2 rings (SSSR count). The van der Waals surface area contributed by atoms with Gasteiger partial charge in [0, 0.05) is 25.1 Å². The van der Waals surface area contributed by atoms with Crippen LogP contribution in [0, 0.1) is 0 Å². The van der Waals surface area contributed by atoms with E-state index in [1.165, 1.54) is 0 Å². The first-order chi connectivity index (χ1) is 8.08. The normalized spacial score (nSPS) is 23.6. The third-order valence-corrected chi connectivity index (χ3v) is 3.41. The zero-order chi connectivity index (χ0) is 12.4. The van der Waals surface area contributed by atoms with Crippen LogP contribution in [0.2, 0.25) is 0 Å². The molecule has 94 valence electrons. The van der Waals surface area contributed by atoms with E-state index in [1.54, 1.807) is 7.11 Å². The summed E-state index contributed by atoms with van der Waals surface area (Å²) < 4.78 is 6.09. The molecule has 4 nitrogen and oxygen atoms in total. The predicted molar refractivity (Wildman–Crippen MR) is 71.3 cm³/mol. The van der Waals surface area contributed by atoms with Crippen LogP contribution >= 0.6 is 15.9 Å². The van der Waals surface area contributed by atoms with Gasteiger partial charge in [-0.2, -0.15) is 0 Å². The van der Waals surface area contributed by atoms with Crippen molar-refractivity contribution in [3.05, 3.63) is 16.5 Å². The first-order valence-electron chi connectivity index (χ1n) is 5.92. The van der Waals surface area contributed by atoms with Gasteiger partial charge >= 0.3 is 0 Å². The van der Waals surface area contributed by atoms with Crippen molar-refractivity contribution in [2.24, 2.45) is 0 Å². The first-order valence-corrected chi connectivity index (χ1v) is 6.71. The molecule has 0 spiro atoms. The van der Waals surface area contributed by atoms with Crippen molar-refractivity contribution in [3.8, 4) is 0 Å². The lowest BCUT2D eigenvalue weighted by Crippen LogP contribution is -2.40. The second-order valence-corrected chi connectivity index (χ2v) is 5.57. The molecule has 1 heterocycles. The molecule has 1 N–H and O–H groups in total. The second-order valence-electron chi connectivity index (χ2n) is 4.76. The fraction of sp³-hybridized carbons (Fsp3) is 0.667. The summed E-state index contributed by atoms with van der Waals surface area (Å²) in [5, 5.41) is 3.42. The summed E-state index contributed by atoms with van der Waals surface area (Å²) in [4.78, 5) is 8.87. The predicted octanol–water partition coefficient (Wildman–Crippen LogP) is 2.95. The highest BCUT2D eigenvalue weighted by Gasteiger charge is 2.29. The number of aromatic nitrogens is 2. The molecule has 1 aromatic rings. The van der Waals surface area contributed by atoms with Crippen molar-refractivity contribution < 1.29 is 4.74 Å². The average molecular weight is 300 g/mol. The minimum Gasteiger partial charge on any atom is -0.381 e. The smallest absolute Gasteiger partial charge is 0.134 e. The van der Waals surface area contributed by atoms with Crippen LogP contribution in [0.25, 0.3) is 0 Å². The zero-order valence-corrected chi connectivity index (χ0v) is 12.0. The third-order valence-electron chi connectivity index (χ3n) is 3.01. The molecule has 0 unspecified atom stereocenters. The van der Waals surface area contributed by atoms with E-state index in [0.29, 0.717) is 18.1 Å². The number of methoxy groups -OCH3 is 1. The van der Waals surface area contributed by atoms with Crippen LogP contribution in [0.1, 0.15) is 38.4 Å².